The first-order valence-corrected chi connectivity index (χ1v) is 7.88. The van der Waals surface area contributed by atoms with E-state index in [0.29, 0.717) is 19.1 Å². The topological polar surface area (TPSA) is 72.9 Å². The van der Waals surface area contributed by atoms with Gasteiger partial charge in [0.15, 0.2) is 0 Å². The summed E-state index contributed by atoms with van der Waals surface area (Å²) in [6.07, 6.45) is 3.73. The lowest BCUT2D eigenvalue weighted by molar-refractivity contribution is -0.137. The third kappa shape index (κ3) is 6.80. The smallest absolute Gasteiger partial charge is 0.323 e. The molecule has 0 aromatic rings. The van der Waals surface area contributed by atoms with Gasteiger partial charge in [-0.3, -0.25) is 9.69 Å². The quantitative estimate of drug-likeness (QED) is 0.749. The Balaban J connectivity index is 2.42. The average molecular weight is 299 g/mol. The number of hydrogen-bond acceptors (Lipinski definition) is 3. The summed E-state index contributed by atoms with van der Waals surface area (Å²) in [7, 11) is 0. The van der Waals surface area contributed by atoms with Crippen molar-refractivity contribution in [3.63, 3.8) is 0 Å². The monoisotopic (exact) mass is 299 g/mol. The molecule has 1 unspecified atom stereocenters. The number of carboxylic acid groups (broad SMARTS) is 1. The summed E-state index contributed by atoms with van der Waals surface area (Å²) >= 11 is 0. The molecule has 122 valence electrons. The molecule has 6 heteroatoms. The first-order valence-electron chi connectivity index (χ1n) is 7.88. The summed E-state index contributed by atoms with van der Waals surface area (Å²) in [6, 6.07) is 0.00920. The van der Waals surface area contributed by atoms with Gasteiger partial charge in [0.1, 0.15) is 6.54 Å². The van der Waals surface area contributed by atoms with E-state index in [1.807, 2.05) is 13.8 Å². The van der Waals surface area contributed by atoms with Crippen LogP contribution in [0.2, 0.25) is 0 Å². The van der Waals surface area contributed by atoms with Crippen molar-refractivity contribution in [2.75, 3.05) is 32.7 Å². The van der Waals surface area contributed by atoms with Gasteiger partial charge in [-0.15, -0.1) is 0 Å². The second kappa shape index (κ2) is 8.87. The van der Waals surface area contributed by atoms with Gasteiger partial charge in [0.2, 0.25) is 0 Å². The Kier molecular flexibility index (Phi) is 7.50. The zero-order valence-electron chi connectivity index (χ0n) is 13.5. The predicted octanol–water partition coefficient (Wildman–Crippen LogP) is 1.61. The molecule has 1 heterocycles. The molecule has 2 amide bonds. The van der Waals surface area contributed by atoms with Gasteiger partial charge in [0, 0.05) is 19.1 Å². The minimum absolute atomic E-state index is 0.245. The van der Waals surface area contributed by atoms with Crippen LogP contribution in [-0.4, -0.2) is 65.7 Å². The number of nitrogens with one attached hydrogen (secondary N) is 1. The number of urea groups is 1. The molecular weight excluding hydrogens is 270 g/mol. The minimum atomic E-state index is -0.977. The van der Waals surface area contributed by atoms with Crippen molar-refractivity contribution in [1.29, 1.82) is 0 Å². The van der Waals surface area contributed by atoms with Crippen molar-refractivity contribution >= 4 is 12.0 Å². The van der Waals surface area contributed by atoms with Crippen LogP contribution in [0, 0.1) is 5.92 Å². The molecular formula is C15H29N3O3. The number of aliphatic carboxylic acids is 1. The van der Waals surface area contributed by atoms with Crippen molar-refractivity contribution in [3.05, 3.63) is 0 Å². The number of rotatable bonds is 7. The van der Waals surface area contributed by atoms with Crippen LogP contribution >= 0.6 is 0 Å². The van der Waals surface area contributed by atoms with Gasteiger partial charge in [-0.25, -0.2) is 4.79 Å². The molecule has 0 aromatic heterocycles. The maximum absolute atomic E-state index is 12.1. The summed E-state index contributed by atoms with van der Waals surface area (Å²) in [4.78, 5) is 26.7. The summed E-state index contributed by atoms with van der Waals surface area (Å²) < 4.78 is 0. The summed E-state index contributed by atoms with van der Waals surface area (Å²) in [6.45, 7) is 8.99. The highest BCUT2D eigenvalue weighted by Gasteiger charge is 2.20. The van der Waals surface area contributed by atoms with Crippen molar-refractivity contribution in [3.8, 4) is 0 Å². The van der Waals surface area contributed by atoms with Gasteiger partial charge in [-0.1, -0.05) is 20.3 Å². The van der Waals surface area contributed by atoms with Crippen LogP contribution in [-0.2, 0) is 4.79 Å². The average Bonchev–Trinajstić information content (AvgIpc) is 2.43. The fourth-order valence-corrected chi connectivity index (χ4v) is 2.66. The Morgan fingerprint density at radius 3 is 2.33 bits per heavy atom. The van der Waals surface area contributed by atoms with E-state index in [4.69, 9.17) is 5.11 Å². The van der Waals surface area contributed by atoms with E-state index in [9.17, 15) is 9.59 Å². The normalized spacial score (nSPS) is 17.5. The van der Waals surface area contributed by atoms with Crippen molar-refractivity contribution in [2.24, 2.45) is 5.92 Å². The van der Waals surface area contributed by atoms with Crippen LogP contribution in [0.15, 0.2) is 0 Å². The first kappa shape index (κ1) is 17.8. The molecule has 1 atom stereocenters. The maximum atomic E-state index is 12.1. The van der Waals surface area contributed by atoms with E-state index in [-0.39, 0.29) is 18.5 Å². The second-order valence-corrected chi connectivity index (χ2v) is 6.30. The Morgan fingerprint density at radius 2 is 1.81 bits per heavy atom. The molecule has 0 bridgehead atoms. The number of hydrogen-bond donors (Lipinski definition) is 2. The van der Waals surface area contributed by atoms with Crippen molar-refractivity contribution in [1.82, 2.24) is 15.1 Å². The Labute approximate surface area is 127 Å². The Hall–Kier alpha value is -1.30. The number of nitrogens with zero attached hydrogens (tertiary/aromatic N) is 2. The van der Waals surface area contributed by atoms with Crippen LogP contribution in [0.1, 0.15) is 40.0 Å². The van der Waals surface area contributed by atoms with E-state index in [1.54, 1.807) is 0 Å². The second-order valence-electron chi connectivity index (χ2n) is 6.30. The fraction of sp³-hybridized carbons (Fsp3) is 0.867. The van der Waals surface area contributed by atoms with Gasteiger partial charge in [0.25, 0.3) is 0 Å². The maximum Gasteiger partial charge on any atom is 0.323 e. The molecule has 1 fully saturated rings. The van der Waals surface area contributed by atoms with Gasteiger partial charge >= 0.3 is 12.0 Å². The highest BCUT2D eigenvalue weighted by atomic mass is 16.4. The Morgan fingerprint density at radius 1 is 1.19 bits per heavy atom. The molecule has 1 saturated heterocycles. The lowest BCUT2D eigenvalue weighted by atomic mass is 10.1. The molecule has 2 N–H and O–H groups in total. The summed E-state index contributed by atoms with van der Waals surface area (Å²) in [5.74, 6) is -0.732. The lowest BCUT2D eigenvalue weighted by Gasteiger charge is -2.33. The SMILES string of the molecule is CC(C)CN(CC(=O)O)C(=O)NCC(C)N1CCCCC1. The fourth-order valence-electron chi connectivity index (χ4n) is 2.66. The van der Waals surface area contributed by atoms with E-state index < -0.39 is 5.97 Å². The van der Waals surface area contributed by atoms with Crippen LogP contribution in [0.4, 0.5) is 4.79 Å². The molecule has 0 aliphatic carbocycles. The highest BCUT2D eigenvalue weighted by Crippen LogP contribution is 2.11. The Bertz CT molecular complexity index is 341. The van der Waals surface area contributed by atoms with E-state index >= 15 is 0 Å². The molecule has 1 aliphatic heterocycles. The molecule has 0 spiro atoms. The van der Waals surface area contributed by atoms with Crippen LogP contribution < -0.4 is 5.32 Å². The van der Waals surface area contributed by atoms with E-state index in [2.05, 4.69) is 17.1 Å². The van der Waals surface area contributed by atoms with E-state index in [1.165, 1.54) is 24.2 Å². The predicted molar refractivity (Wildman–Crippen MR) is 82.3 cm³/mol. The van der Waals surface area contributed by atoms with Crippen molar-refractivity contribution < 1.29 is 14.7 Å². The van der Waals surface area contributed by atoms with Gasteiger partial charge in [-0.05, 0) is 38.8 Å². The standard InChI is InChI=1S/C15H29N3O3/c1-12(2)10-18(11-14(19)20)15(21)16-9-13(3)17-7-5-4-6-8-17/h12-13H,4-11H2,1-3H3,(H,16,21)(H,19,20). The third-order valence-electron chi connectivity index (χ3n) is 3.76. The molecule has 0 aromatic carbocycles. The number of carboxylic acids is 1. The van der Waals surface area contributed by atoms with Crippen molar-refractivity contribution in [2.45, 2.75) is 46.1 Å². The number of carbonyl (C=O) groups excluding carboxylic acids is 1. The molecule has 0 saturated carbocycles. The molecule has 21 heavy (non-hydrogen) atoms. The van der Waals surface area contributed by atoms with Gasteiger partial charge in [-0.2, -0.15) is 0 Å². The summed E-state index contributed by atoms with van der Waals surface area (Å²) in [5, 5.41) is 11.8. The highest BCUT2D eigenvalue weighted by molar-refractivity contribution is 5.80. The first-order chi connectivity index (χ1) is 9.90. The van der Waals surface area contributed by atoms with Crippen LogP contribution in [0.5, 0.6) is 0 Å². The third-order valence-corrected chi connectivity index (χ3v) is 3.76. The summed E-state index contributed by atoms with van der Waals surface area (Å²) in [5.41, 5.74) is 0. The van der Waals surface area contributed by atoms with E-state index in [0.717, 1.165) is 13.1 Å². The largest absolute Gasteiger partial charge is 0.480 e. The minimum Gasteiger partial charge on any atom is -0.480 e. The number of piperidine rings is 1. The zero-order chi connectivity index (χ0) is 15.8. The molecule has 1 rings (SSSR count). The molecule has 0 radical (unpaired) electrons. The number of carbonyl (C=O) groups is 2. The van der Waals surface area contributed by atoms with Gasteiger partial charge < -0.3 is 15.3 Å². The van der Waals surface area contributed by atoms with Crippen LogP contribution in [0.3, 0.4) is 0 Å². The molecule has 1 aliphatic rings. The molecule has 6 nitrogen and oxygen atoms in total. The number of amides is 2. The number of likely N-dealkylation sites (tertiary alicyclic amines) is 1. The zero-order valence-corrected chi connectivity index (χ0v) is 13.5. The van der Waals surface area contributed by atoms with Crippen LogP contribution in [0.25, 0.3) is 0 Å². The lowest BCUT2D eigenvalue weighted by Crippen LogP contribution is -2.49. The van der Waals surface area contributed by atoms with Gasteiger partial charge in [0.05, 0.1) is 0 Å².